The predicted octanol–water partition coefficient (Wildman–Crippen LogP) is 3.59. The maximum Gasteiger partial charge on any atom is 0.433 e. The lowest BCUT2D eigenvalue weighted by Gasteiger charge is -2.39. The SMILES string of the molecule is FC(F)(F)c1cc(N(C2CC2)C2CCN(c3nccs3)CC2)ncn1. The second-order valence-electron chi connectivity index (χ2n) is 6.43. The summed E-state index contributed by atoms with van der Waals surface area (Å²) in [5.41, 5.74) is -0.872. The molecule has 1 saturated heterocycles. The van der Waals surface area contributed by atoms with E-state index in [4.69, 9.17) is 0 Å². The third kappa shape index (κ3) is 3.56. The highest BCUT2D eigenvalue weighted by Gasteiger charge is 2.39. The number of hydrogen-bond acceptors (Lipinski definition) is 6. The smallest absolute Gasteiger partial charge is 0.350 e. The van der Waals surface area contributed by atoms with Gasteiger partial charge in [0.15, 0.2) is 5.13 Å². The van der Waals surface area contributed by atoms with Crippen molar-refractivity contribution in [3.8, 4) is 0 Å². The average molecular weight is 369 g/mol. The first kappa shape index (κ1) is 16.6. The molecule has 0 spiro atoms. The molecular formula is C16H18F3N5S. The van der Waals surface area contributed by atoms with Crippen molar-refractivity contribution in [2.24, 2.45) is 0 Å². The monoisotopic (exact) mass is 369 g/mol. The Morgan fingerprint density at radius 2 is 1.76 bits per heavy atom. The van der Waals surface area contributed by atoms with Crippen LogP contribution in [0.4, 0.5) is 24.1 Å². The second kappa shape index (κ2) is 6.44. The first-order valence-corrected chi connectivity index (χ1v) is 9.22. The van der Waals surface area contributed by atoms with E-state index in [1.54, 1.807) is 17.5 Å². The number of piperidine rings is 1. The van der Waals surface area contributed by atoms with Crippen LogP contribution in [0, 0.1) is 0 Å². The number of halogens is 3. The fourth-order valence-corrected chi connectivity index (χ4v) is 4.07. The molecule has 25 heavy (non-hydrogen) atoms. The lowest BCUT2D eigenvalue weighted by atomic mass is 10.0. The quantitative estimate of drug-likeness (QED) is 0.824. The number of hydrogen-bond donors (Lipinski definition) is 0. The van der Waals surface area contributed by atoms with E-state index in [2.05, 4.69) is 24.8 Å². The number of rotatable bonds is 4. The molecule has 0 N–H and O–H groups in total. The highest BCUT2D eigenvalue weighted by atomic mass is 32.1. The van der Waals surface area contributed by atoms with Gasteiger partial charge in [0.25, 0.3) is 0 Å². The molecule has 0 amide bonds. The highest BCUT2D eigenvalue weighted by molar-refractivity contribution is 7.13. The van der Waals surface area contributed by atoms with Gasteiger partial charge >= 0.3 is 6.18 Å². The highest BCUT2D eigenvalue weighted by Crippen LogP contribution is 2.37. The van der Waals surface area contributed by atoms with Gasteiger partial charge in [0.05, 0.1) is 0 Å². The number of alkyl halides is 3. The van der Waals surface area contributed by atoms with Gasteiger partial charge < -0.3 is 9.80 Å². The molecule has 1 aliphatic heterocycles. The largest absolute Gasteiger partial charge is 0.433 e. The first-order chi connectivity index (χ1) is 12.0. The summed E-state index contributed by atoms with van der Waals surface area (Å²) < 4.78 is 38.9. The van der Waals surface area contributed by atoms with Gasteiger partial charge in [0.1, 0.15) is 17.8 Å². The molecule has 4 rings (SSSR count). The van der Waals surface area contributed by atoms with Gasteiger partial charge in [-0.1, -0.05) is 0 Å². The van der Waals surface area contributed by atoms with E-state index in [0.717, 1.165) is 56.3 Å². The van der Waals surface area contributed by atoms with Gasteiger partial charge in [-0.2, -0.15) is 13.2 Å². The molecule has 0 bridgehead atoms. The Labute approximate surface area is 147 Å². The Morgan fingerprint density at radius 3 is 2.36 bits per heavy atom. The minimum atomic E-state index is -4.44. The maximum atomic E-state index is 13.0. The molecule has 5 nitrogen and oxygen atoms in total. The van der Waals surface area contributed by atoms with Gasteiger partial charge in [-0.15, -0.1) is 11.3 Å². The van der Waals surface area contributed by atoms with Gasteiger partial charge in [-0.3, -0.25) is 0 Å². The van der Waals surface area contributed by atoms with Crippen molar-refractivity contribution in [3.63, 3.8) is 0 Å². The van der Waals surface area contributed by atoms with Crippen LogP contribution in [0.15, 0.2) is 24.0 Å². The van der Waals surface area contributed by atoms with Crippen LogP contribution in [0.5, 0.6) is 0 Å². The lowest BCUT2D eigenvalue weighted by Crippen LogP contribution is -2.46. The summed E-state index contributed by atoms with van der Waals surface area (Å²) in [5.74, 6) is 0.400. The molecule has 134 valence electrons. The summed E-state index contributed by atoms with van der Waals surface area (Å²) >= 11 is 1.61. The van der Waals surface area contributed by atoms with Crippen LogP contribution in [0.2, 0.25) is 0 Å². The van der Waals surface area contributed by atoms with E-state index in [-0.39, 0.29) is 6.04 Å². The fourth-order valence-electron chi connectivity index (χ4n) is 3.38. The average Bonchev–Trinajstić information content (AvgIpc) is 3.27. The molecule has 2 fully saturated rings. The molecule has 1 saturated carbocycles. The molecule has 2 aromatic heterocycles. The molecule has 2 aliphatic rings. The Morgan fingerprint density at radius 1 is 1.04 bits per heavy atom. The van der Waals surface area contributed by atoms with E-state index in [1.165, 1.54) is 0 Å². The summed E-state index contributed by atoms with van der Waals surface area (Å²) in [4.78, 5) is 16.2. The van der Waals surface area contributed by atoms with Gasteiger partial charge in [0.2, 0.25) is 0 Å². The summed E-state index contributed by atoms with van der Waals surface area (Å²) in [7, 11) is 0. The molecule has 0 aromatic carbocycles. The van der Waals surface area contributed by atoms with Crippen LogP contribution in [0.1, 0.15) is 31.4 Å². The van der Waals surface area contributed by atoms with Crippen LogP contribution in [0.3, 0.4) is 0 Å². The van der Waals surface area contributed by atoms with Crippen LogP contribution in [-0.2, 0) is 6.18 Å². The third-order valence-corrected chi connectivity index (χ3v) is 5.53. The topological polar surface area (TPSA) is 45.2 Å². The van der Waals surface area contributed by atoms with E-state index >= 15 is 0 Å². The van der Waals surface area contributed by atoms with E-state index in [1.807, 2.05) is 5.38 Å². The summed E-state index contributed by atoms with van der Waals surface area (Å²) in [6.45, 7) is 1.72. The zero-order valence-electron chi connectivity index (χ0n) is 13.5. The molecule has 0 atom stereocenters. The minimum absolute atomic E-state index is 0.208. The molecule has 1 aliphatic carbocycles. The second-order valence-corrected chi connectivity index (χ2v) is 7.30. The Kier molecular flexibility index (Phi) is 4.26. The molecule has 9 heteroatoms. The Hall–Kier alpha value is -1.90. The van der Waals surface area contributed by atoms with Crippen molar-refractivity contribution in [1.82, 2.24) is 15.0 Å². The van der Waals surface area contributed by atoms with Crippen LogP contribution < -0.4 is 9.80 Å². The van der Waals surface area contributed by atoms with Gasteiger partial charge in [0, 0.05) is 42.8 Å². The van der Waals surface area contributed by atoms with Crippen molar-refractivity contribution in [1.29, 1.82) is 0 Å². The van der Waals surface area contributed by atoms with Crippen LogP contribution >= 0.6 is 11.3 Å². The molecule has 0 unspecified atom stereocenters. The summed E-state index contributed by atoms with van der Waals surface area (Å²) in [5, 5.41) is 2.97. The van der Waals surface area contributed by atoms with Crippen molar-refractivity contribution in [2.45, 2.75) is 43.9 Å². The Balaban J connectivity index is 1.51. The van der Waals surface area contributed by atoms with Gasteiger partial charge in [-0.25, -0.2) is 15.0 Å². The minimum Gasteiger partial charge on any atom is -0.350 e. The number of thiazole rings is 1. The van der Waals surface area contributed by atoms with Gasteiger partial charge in [-0.05, 0) is 25.7 Å². The molecule has 2 aromatic rings. The van der Waals surface area contributed by atoms with Crippen LogP contribution in [-0.4, -0.2) is 40.1 Å². The van der Waals surface area contributed by atoms with E-state index in [9.17, 15) is 13.2 Å². The van der Waals surface area contributed by atoms with E-state index < -0.39 is 11.9 Å². The number of nitrogens with zero attached hydrogens (tertiary/aromatic N) is 5. The Bertz CT molecular complexity index is 709. The molecule has 0 radical (unpaired) electrons. The zero-order valence-corrected chi connectivity index (χ0v) is 14.3. The number of aromatic nitrogens is 3. The van der Waals surface area contributed by atoms with Crippen molar-refractivity contribution in [3.05, 3.63) is 29.7 Å². The third-order valence-electron chi connectivity index (χ3n) is 4.70. The summed E-state index contributed by atoms with van der Waals surface area (Å²) in [6, 6.07) is 1.60. The lowest BCUT2D eigenvalue weighted by molar-refractivity contribution is -0.141. The van der Waals surface area contributed by atoms with Crippen molar-refractivity contribution in [2.75, 3.05) is 22.9 Å². The maximum absolute atomic E-state index is 13.0. The predicted molar refractivity (Wildman–Crippen MR) is 89.9 cm³/mol. The fraction of sp³-hybridized carbons (Fsp3) is 0.562. The van der Waals surface area contributed by atoms with Crippen molar-refractivity contribution < 1.29 is 13.2 Å². The molecular weight excluding hydrogens is 351 g/mol. The van der Waals surface area contributed by atoms with E-state index in [0.29, 0.717) is 11.9 Å². The zero-order chi connectivity index (χ0) is 17.4. The normalized spacial score (nSPS) is 19.2. The first-order valence-electron chi connectivity index (χ1n) is 8.34. The standard InChI is InChI=1S/C16H18F3N5S/c17-16(18,19)13-9-14(22-10-21-13)24(11-1-2-11)12-3-6-23(7-4-12)15-20-5-8-25-15/h5,8-12H,1-4,6-7H2. The number of anilines is 2. The van der Waals surface area contributed by atoms with Crippen molar-refractivity contribution >= 4 is 22.3 Å². The summed E-state index contributed by atoms with van der Waals surface area (Å²) in [6.07, 6.45) is 2.18. The van der Waals surface area contributed by atoms with Crippen LogP contribution in [0.25, 0.3) is 0 Å². The molecule has 3 heterocycles.